The molecule has 1 heterocycles. The lowest BCUT2D eigenvalue weighted by molar-refractivity contribution is 0.245. The van der Waals surface area contributed by atoms with E-state index < -0.39 is 0 Å². The van der Waals surface area contributed by atoms with Gasteiger partial charge in [0.1, 0.15) is 0 Å². The van der Waals surface area contributed by atoms with Gasteiger partial charge < -0.3 is 4.84 Å². The standard InChI is InChI=1S/C10H14N4O/c1-5-6-8-9(13-14-15-8)12-11-7-10(2,3)4/h5-7H,1H2,2-4H3/b8-6+,11-7+,12-9+. The van der Waals surface area contributed by atoms with E-state index in [4.69, 9.17) is 4.84 Å². The lowest BCUT2D eigenvalue weighted by Gasteiger charge is -2.07. The van der Waals surface area contributed by atoms with Gasteiger partial charge >= 0.3 is 0 Å². The zero-order valence-electron chi connectivity index (χ0n) is 9.14. The van der Waals surface area contributed by atoms with Crippen molar-refractivity contribution in [2.75, 3.05) is 0 Å². The van der Waals surface area contributed by atoms with Gasteiger partial charge in [0.2, 0.25) is 11.6 Å². The first-order valence-electron chi connectivity index (χ1n) is 4.56. The Balaban J connectivity index is 2.75. The molecule has 80 valence electrons. The molecule has 0 radical (unpaired) electrons. The van der Waals surface area contributed by atoms with Crippen LogP contribution in [0.15, 0.2) is 45.1 Å². The maximum absolute atomic E-state index is 4.83. The third kappa shape index (κ3) is 3.84. The predicted molar refractivity (Wildman–Crippen MR) is 59.6 cm³/mol. The highest BCUT2D eigenvalue weighted by Crippen LogP contribution is 2.13. The summed E-state index contributed by atoms with van der Waals surface area (Å²) >= 11 is 0. The number of hydrogen-bond acceptors (Lipinski definition) is 4. The Kier molecular flexibility index (Phi) is 3.49. The second-order valence-corrected chi connectivity index (χ2v) is 4.07. The summed E-state index contributed by atoms with van der Waals surface area (Å²) in [5.41, 5.74) is -0.0109. The van der Waals surface area contributed by atoms with Crippen molar-refractivity contribution in [3.05, 3.63) is 24.5 Å². The van der Waals surface area contributed by atoms with Crippen LogP contribution in [-0.2, 0) is 4.84 Å². The third-order valence-electron chi connectivity index (χ3n) is 1.36. The summed E-state index contributed by atoms with van der Waals surface area (Å²) in [6.07, 6.45) is 4.94. The Labute approximate surface area is 88.9 Å². The van der Waals surface area contributed by atoms with Crippen molar-refractivity contribution in [1.82, 2.24) is 0 Å². The van der Waals surface area contributed by atoms with Gasteiger partial charge in [-0.05, 0) is 11.5 Å². The van der Waals surface area contributed by atoms with E-state index >= 15 is 0 Å². The number of amidine groups is 1. The fourth-order valence-electron chi connectivity index (χ4n) is 0.731. The van der Waals surface area contributed by atoms with Crippen molar-refractivity contribution in [2.24, 2.45) is 26.0 Å². The molecule has 0 saturated carbocycles. The molecule has 0 atom stereocenters. The van der Waals surface area contributed by atoms with Gasteiger partial charge in [0.25, 0.3) is 0 Å². The zero-order chi connectivity index (χ0) is 11.3. The molecule has 0 unspecified atom stereocenters. The molecule has 0 fully saturated rings. The topological polar surface area (TPSA) is 58.7 Å². The average molecular weight is 206 g/mol. The minimum absolute atomic E-state index is 0.0109. The third-order valence-corrected chi connectivity index (χ3v) is 1.36. The maximum atomic E-state index is 4.83. The van der Waals surface area contributed by atoms with Gasteiger partial charge in [0, 0.05) is 11.5 Å². The maximum Gasteiger partial charge on any atom is 0.244 e. The summed E-state index contributed by atoms with van der Waals surface area (Å²) < 4.78 is 0. The molecule has 0 amide bonds. The smallest absolute Gasteiger partial charge is 0.244 e. The zero-order valence-corrected chi connectivity index (χ0v) is 9.14. The lowest BCUT2D eigenvalue weighted by Crippen LogP contribution is -2.05. The van der Waals surface area contributed by atoms with Crippen molar-refractivity contribution in [3.63, 3.8) is 0 Å². The molecule has 1 aliphatic heterocycles. The Morgan fingerprint density at radius 1 is 1.40 bits per heavy atom. The molecule has 0 bridgehead atoms. The van der Waals surface area contributed by atoms with E-state index in [1.807, 2.05) is 20.8 Å². The molecule has 0 aromatic carbocycles. The van der Waals surface area contributed by atoms with Gasteiger partial charge in [-0.2, -0.15) is 5.10 Å². The van der Waals surface area contributed by atoms with Gasteiger partial charge in [0.15, 0.2) is 0 Å². The molecular weight excluding hydrogens is 192 g/mol. The van der Waals surface area contributed by atoms with Crippen LogP contribution in [0.1, 0.15) is 20.8 Å². The highest BCUT2D eigenvalue weighted by Gasteiger charge is 2.14. The van der Waals surface area contributed by atoms with Crippen LogP contribution in [0.4, 0.5) is 0 Å². The summed E-state index contributed by atoms with van der Waals surface area (Å²) in [7, 11) is 0. The van der Waals surface area contributed by atoms with Gasteiger partial charge in [-0.3, -0.25) is 0 Å². The first-order valence-corrected chi connectivity index (χ1v) is 4.56. The van der Waals surface area contributed by atoms with Gasteiger partial charge in [-0.25, -0.2) is 0 Å². The van der Waals surface area contributed by atoms with Crippen molar-refractivity contribution >= 4 is 12.1 Å². The van der Waals surface area contributed by atoms with E-state index in [0.29, 0.717) is 11.6 Å². The first-order chi connectivity index (χ1) is 7.03. The van der Waals surface area contributed by atoms with E-state index in [0.717, 1.165) is 0 Å². The summed E-state index contributed by atoms with van der Waals surface area (Å²) in [5, 5.41) is 14.9. The van der Waals surface area contributed by atoms with E-state index in [2.05, 4.69) is 27.2 Å². The van der Waals surface area contributed by atoms with E-state index in [9.17, 15) is 0 Å². The molecule has 0 aromatic heterocycles. The van der Waals surface area contributed by atoms with Crippen molar-refractivity contribution in [1.29, 1.82) is 0 Å². The molecule has 0 saturated heterocycles. The Morgan fingerprint density at radius 2 is 2.13 bits per heavy atom. The highest BCUT2D eigenvalue weighted by molar-refractivity contribution is 5.98. The highest BCUT2D eigenvalue weighted by atomic mass is 16.7. The monoisotopic (exact) mass is 206 g/mol. The summed E-state index contributed by atoms with van der Waals surface area (Å²) in [5.74, 6) is 0.812. The van der Waals surface area contributed by atoms with Crippen LogP contribution in [0, 0.1) is 5.41 Å². The Hall–Kier alpha value is -1.78. The Bertz CT molecular complexity index is 358. The van der Waals surface area contributed by atoms with Gasteiger partial charge in [-0.1, -0.05) is 38.5 Å². The molecular formula is C10H14N4O. The minimum atomic E-state index is -0.0109. The fourth-order valence-corrected chi connectivity index (χ4v) is 0.731. The number of rotatable bonds is 2. The fraction of sp³-hybridized carbons (Fsp3) is 0.400. The van der Waals surface area contributed by atoms with E-state index in [-0.39, 0.29) is 5.41 Å². The minimum Gasteiger partial charge on any atom is -0.335 e. The first kappa shape index (κ1) is 11.3. The normalized spacial score (nSPS) is 21.5. The molecule has 0 spiro atoms. The van der Waals surface area contributed by atoms with Crippen LogP contribution >= 0.6 is 0 Å². The second kappa shape index (κ2) is 4.63. The van der Waals surface area contributed by atoms with E-state index in [1.54, 1.807) is 18.4 Å². The number of hydrogen-bond donors (Lipinski definition) is 0. The van der Waals surface area contributed by atoms with Crippen LogP contribution < -0.4 is 0 Å². The average Bonchev–Trinajstić information content (AvgIpc) is 2.51. The van der Waals surface area contributed by atoms with Crippen LogP contribution in [0.25, 0.3) is 0 Å². The van der Waals surface area contributed by atoms with Crippen molar-refractivity contribution < 1.29 is 4.84 Å². The Morgan fingerprint density at radius 3 is 2.73 bits per heavy atom. The number of allylic oxidation sites excluding steroid dienone is 2. The molecule has 5 heteroatoms. The molecule has 1 aliphatic rings. The second-order valence-electron chi connectivity index (χ2n) is 4.07. The molecule has 0 aliphatic carbocycles. The predicted octanol–water partition coefficient (Wildman–Crippen LogP) is 2.88. The summed E-state index contributed by atoms with van der Waals surface area (Å²) in [6.45, 7) is 9.64. The lowest BCUT2D eigenvalue weighted by atomic mass is 9.99. The largest absolute Gasteiger partial charge is 0.335 e. The summed E-state index contributed by atoms with van der Waals surface area (Å²) in [6, 6.07) is 0. The summed E-state index contributed by atoms with van der Waals surface area (Å²) in [4.78, 5) is 4.83. The van der Waals surface area contributed by atoms with Crippen LogP contribution in [0.3, 0.4) is 0 Å². The van der Waals surface area contributed by atoms with Crippen LogP contribution in [0.2, 0.25) is 0 Å². The number of nitrogens with zero attached hydrogens (tertiary/aromatic N) is 4. The molecule has 5 nitrogen and oxygen atoms in total. The molecule has 0 aromatic rings. The molecule has 1 rings (SSSR count). The molecule has 15 heavy (non-hydrogen) atoms. The molecule has 0 N–H and O–H groups in total. The van der Waals surface area contributed by atoms with Crippen molar-refractivity contribution in [3.8, 4) is 0 Å². The quantitative estimate of drug-likeness (QED) is 0.506. The van der Waals surface area contributed by atoms with Gasteiger partial charge in [0.05, 0.1) is 0 Å². The SMILES string of the molecule is C=C/C=C1/ON=N/C1=N/N=C/C(C)(C)C. The van der Waals surface area contributed by atoms with Crippen molar-refractivity contribution in [2.45, 2.75) is 20.8 Å². The van der Waals surface area contributed by atoms with E-state index in [1.165, 1.54) is 0 Å². The van der Waals surface area contributed by atoms with Gasteiger partial charge in [-0.15, -0.1) is 5.10 Å². The van der Waals surface area contributed by atoms with Crippen LogP contribution in [-0.4, -0.2) is 12.1 Å². The van der Waals surface area contributed by atoms with Crippen LogP contribution in [0.5, 0.6) is 0 Å².